The van der Waals surface area contributed by atoms with Crippen LogP contribution >= 0.6 is 0 Å². The summed E-state index contributed by atoms with van der Waals surface area (Å²) in [5.74, 6) is 0. The van der Waals surface area contributed by atoms with Gasteiger partial charge in [-0.2, -0.15) is 6.42 Å². The van der Waals surface area contributed by atoms with Crippen LogP contribution in [0.5, 0.6) is 0 Å². The van der Waals surface area contributed by atoms with E-state index in [-0.39, 0.29) is 18.9 Å². The van der Waals surface area contributed by atoms with Gasteiger partial charge in [0.2, 0.25) is 0 Å². The molecule has 0 atom stereocenters. The molecule has 0 aliphatic heterocycles. The second-order valence-corrected chi connectivity index (χ2v) is 3.08. The quantitative estimate of drug-likeness (QED) is 0.326. The Morgan fingerprint density at radius 1 is 1.44 bits per heavy atom. The fourth-order valence-corrected chi connectivity index (χ4v) is 0. The Labute approximate surface area is 73.2 Å². The van der Waals surface area contributed by atoms with Gasteiger partial charge in [0.1, 0.15) is 0 Å². The molecule has 0 spiro atoms. The average molecular weight is 142 g/mol. The third-order valence-electron chi connectivity index (χ3n) is 0.354. The van der Waals surface area contributed by atoms with Gasteiger partial charge < -0.3 is 6.92 Å². The third-order valence-corrected chi connectivity index (χ3v) is 0.354. The Morgan fingerprint density at radius 3 is 1.56 bits per heavy atom. The zero-order chi connectivity index (χ0) is 6.99. The van der Waals surface area contributed by atoms with Crippen LogP contribution in [0.2, 0.25) is 0 Å². The Morgan fingerprint density at radius 2 is 1.56 bits per heavy atom. The van der Waals surface area contributed by atoms with Gasteiger partial charge in [-0.3, -0.25) is 4.21 Å². The summed E-state index contributed by atoms with van der Waals surface area (Å²) in [5.41, 5.74) is 0. The maximum Gasteiger partial charge on any atom is 1.00 e. The van der Waals surface area contributed by atoms with Crippen LogP contribution in [0.1, 0.15) is 19.8 Å². The zero-order valence-corrected chi connectivity index (χ0v) is 7.75. The maximum absolute atomic E-state index is 9.56. The van der Waals surface area contributed by atoms with Gasteiger partial charge in [0.05, 0.1) is 0 Å². The summed E-state index contributed by atoms with van der Waals surface area (Å²) < 4.78 is 9.56. The topological polar surface area (TPSA) is 17.1 Å². The second-order valence-electron chi connectivity index (χ2n) is 1.60. The Balaban J connectivity index is -0.0000000720. The summed E-state index contributed by atoms with van der Waals surface area (Å²) in [5, 5.41) is 0. The first kappa shape index (κ1) is 16.4. The Hall–Kier alpha value is 0.747. The molecule has 0 aromatic carbocycles. The van der Waals surface area contributed by atoms with Crippen molar-refractivity contribution in [3.8, 4) is 0 Å². The average Bonchev–Trinajstić information content (AvgIpc) is 1.65. The van der Waals surface area contributed by atoms with Crippen LogP contribution < -0.4 is 18.9 Å². The smallest absolute Gasteiger partial charge is 0.343 e. The molecule has 0 aromatic heterocycles. The van der Waals surface area contributed by atoms with E-state index >= 15 is 0 Å². The molecule has 0 rings (SSSR count). The zero-order valence-electron chi connectivity index (χ0n) is 6.94. The molecule has 52 valence electrons. The Bertz CT molecular complexity index is 51.0. The molecule has 1 nitrogen and oxygen atoms in total. The van der Waals surface area contributed by atoms with Crippen LogP contribution in [-0.2, 0) is 10.8 Å². The molecule has 0 saturated heterocycles. The van der Waals surface area contributed by atoms with Crippen LogP contribution in [-0.4, -0.2) is 16.7 Å². The molecule has 0 unspecified atom stereocenters. The van der Waals surface area contributed by atoms with E-state index in [1.165, 1.54) is 6.42 Å². The number of hydrogen-bond acceptors (Lipinski definition) is 1. The number of hydrogen-bond donors (Lipinski definition) is 0. The number of unbranched alkanes of at least 4 members (excludes halogenated alkanes) is 1. The van der Waals surface area contributed by atoms with Crippen LogP contribution in [0.15, 0.2) is 0 Å². The van der Waals surface area contributed by atoms with Gasteiger partial charge in [-0.1, -0.05) is 13.3 Å². The summed E-state index contributed by atoms with van der Waals surface area (Å²) in [6.45, 7) is 5.72. The van der Waals surface area contributed by atoms with Gasteiger partial charge in [-0.05, 0) is 0 Å². The fourth-order valence-electron chi connectivity index (χ4n) is 0. The van der Waals surface area contributed by atoms with Gasteiger partial charge in [-0.15, -0.1) is 0 Å². The van der Waals surface area contributed by atoms with E-state index < -0.39 is 10.8 Å². The normalized spacial score (nSPS) is 7.22. The molecule has 0 fully saturated rings. The van der Waals surface area contributed by atoms with Crippen molar-refractivity contribution >= 4 is 10.8 Å². The van der Waals surface area contributed by atoms with Crippen molar-refractivity contribution in [1.82, 2.24) is 0 Å². The van der Waals surface area contributed by atoms with E-state index in [0.29, 0.717) is 0 Å². The van der Waals surface area contributed by atoms with Gasteiger partial charge in [0, 0.05) is 23.3 Å². The molecule has 0 radical (unpaired) electrons. The van der Waals surface area contributed by atoms with Crippen LogP contribution in [0.25, 0.3) is 0 Å². The van der Waals surface area contributed by atoms with Gasteiger partial charge in [-0.25, -0.2) is 0 Å². The standard InChI is InChI=1S/C4H9.C2H6OS.Li/c1-3-4-2;1-4(2)3;/h1,3-4H2,2H3;1-2H3;/q-1;;+1. The van der Waals surface area contributed by atoms with Crippen molar-refractivity contribution in [2.24, 2.45) is 0 Å². The summed E-state index contributed by atoms with van der Waals surface area (Å²) >= 11 is 0. The summed E-state index contributed by atoms with van der Waals surface area (Å²) in [7, 11) is -0.611. The van der Waals surface area contributed by atoms with E-state index in [9.17, 15) is 4.21 Å². The summed E-state index contributed by atoms with van der Waals surface area (Å²) in [4.78, 5) is 0. The Kier molecular flexibility index (Phi) is 28.9. The monoisotopic (exact) mass is 142 g/mol. The molecule has 0 aromatic rings. The minimum absolute atomic E-state index is 0. The van der Waals surface area contributed by atoms with Crippen molar-refractivity contribution in [3.05, 3.63) is 6.92 Å². The van der Waals surface area contributed by atoms with Gasteiger partial charge in [0.25, 0.3) is 0 Å². The van der Waals surface area contributed by atoms with Gasteiger partial charge in [0.15, 0.2) is 0 Å². The molecule has 3 heteroatoms. The third kappa shape index (κ3) is 130. The van der Waals surface area contributed by atoms with Crippen molar-refractivity contribution in [3.63, 3.8) is 0 Å². The molecule has 0 N–H and O–H groups in total. The largest absolute Gasteiger partial charge is 1.00 e. The van der Waals surface area contributed by atoms with Crippen molar-refractivity contribution in [2.45, 2.75) is 19.8 Å². The second kappa shape index (κ2) is 15.9. The molecule has 0 saturated carbocycles. The van der Waals surface area contributed by atoms with Crippen LogP contribution in [0.3, 0.4) is 0 Å². The molecule has 0 heterocycles. The minimum atomic E-state index is -0.611. The van der Waals surface area contributed by atoms with E-state index in [1.807, 2.05) is 0 Å². The van der Waals surface area contributed by atoms with Crippen LogP contribution in [0.4, 0.5) is 0 Å². The van der Waals surface area contributed by atoms with Gasteiger partial charge >= 0.3 is 18.9 Å². The SMILES string of the molecule is CS(C)=O.[CH2-]CCC.[Li+]. The first-order chi connectivity index (χ1) is 3.65. The molecule has 0 aliphatic rings. The van der Waals surface area contributed by atoms with Crippen molar-refractivity contribution in [2.75, 3.05) is 12.5 Å². The molecule has 9 heavy (non-hydrogen) atoms. The summed E-state index contributed by atoms with van der Waals surface area (Å²) in [6, 6.07) is 0. The maximum atomic E-state index is 9.56. The van der Waals surface area contributed by atoms with E-state index in [4.69, 9.17) is 0 Å². The van der Waals surface area contributed by atoms with Crippen LogP contribution in [0, 0.1) is 6.92 Å². The first-order valence-corrected chi connectivity index (χ1v) is 4.66. The number of rotatable bonds is 1. The molecule has 0 bridgehead atoms. The predicted molar refractivity (Wildman–Crippen MR) is 40.3 cm³/mol. The fraction of sp³-hybridized carbons (Fsp3) is 0.833. The van der Waals surface area contributed by atoms with Crippen molar-refractivity contribution < 1.29 is 23.1 Å². The van der Waals surface area contributed by atoms with E-state index in [1.54, 1.807) is 12.5 Å². The molecular weight excluding hydrogens is 127 g/mol. The van der Waals surface area contributed by atoms with Crippen molar-refractivity contribution in [1.29, 1.82) is 0 Å². The molecule has 0 amide bonds. The minimum Gasteiger partial charge on any atom is -0.343 e. The molecule has 0 aliphatic carbocycles. The molecular formula is C6H15LiOS. The predicted octanol–water partition coefficient (Wildman–Crippen LogP) is -1.38. The summed E-state index contributed by atoms with van der Waals surface area (Å²) in [6.07, 6.45) is 5.56. The van der Waals surface area contributed by atoms with E-state index in [0.717, 1.165) is 6.42 Å². The first-order valence-electron chi connectivity index (χ1n) is 2.69. The van der Waals surface area contributed by atoms with E-state index in [2.05, 4.69) is 13.8 Å².